The number of halogens is 1. The number of aromatic nitrogens is 3. The molecule has 3 aromatic rings. The molecule has 1 fully saturated rings. The summed E-state index contributed by atoms with van der Waals surface area (Å²) in [5, 5.41) is 16.3. The molecule has 2 aromatic heterocycles. The lowest BCUT2D eigenvalue weighted by molar-refractivity contribution is -0.00712. The first-order valence-corrected chi connectivity index (χ1v) is 8.69. The lowest BCUT2D eigenvalue weighted by Gasteiger charge is -2.13. The lowest BCUT2D eigenvalue weighted by atomic mass is 9.99. The average Bonchev–Trinajstić information content (AvgIpc) is 3.25. The minimum absolute atomic E-state index is 0.241. The molecule has 1 aromatic carbocycles. The molecule has 27 heavy (non-hydrogen) atoms. The molecule has 7 nitrogen and oxygen atoms in total. The number of hydrogen-bond donors (Lipinski definition) is 2. The van der Waals surface area contributed by atoms with Crippen LogP contribution in [0.3, 0.4) is 0 Å². The molecule has 1 amide bonds. The molecule has 0 radical (unpaired) electrons. The van der Waals surface area contributed by atoms with Gasteiger partial charge in [-0.1, -0.05) is 25.1 Å². The molecule has 4 rings (SSSR count). The highest BCUT2D eigenvalue weighted by Gasteiger charge is 2.44. The van der Waals surface area contributed by atoms with Crippen LogP contribution < -0.4 is 5.32 Å². The molecule has 0 aliphatic carbocycles. The molecule has 4 atom stereocenters. The number of anilines is 1. The van der Waals surface area contributed by atoms with Crippen molar-refractivity contribution in [3.05, 3.63) is 60.0 Å². The van der Waals surface area contributed by atoms with Gasteiger partial charge in [-0.3, -0.25) is 4.79 Å². The van der Waals surface area contributed by atoms with Gasteiger partial charge in [-0.2, -0.15) is 5.10 Å². The van der Waals surface area contributed by atoms with Crippen LogP contribution in [0.15, 0.2) is 48.8 Å². The average molecular weight is 370 g/mol. The van der Waals surface area contributed by atoms with E-state index in [2.05, 4.69) is 15.4 Å². The molecular formula is C19H19FN4O3. The normalized spacial score (nSPS) is 25.0. The molecule has 8 heteroatoms. The number of carbonyl (C=O) groups excluding carboxylic acids is 1. The van der Waals surface area contributed by atoms with E-state index in [1.54, 1.807) is 43.3 Å². The van der Waals surface area contributed by atoms with Gasteiger partial charge in [-0.05, 0) is 24.3 Å². The first kappa shape index (κ1) is 17.6. The zero-order valence-electron chi connectivity index (χ0n) is 14.6. The zero-order chi connectivity index (χ0) is 19.0. The second-order valence-corrected chi connectivity index (χ2v) is 6.57. The lowest BCUT2D eigenvalue weighted by Crippen LogP contribution is -2.21. The number of rotatable bonds is 4. The number of hydrogen-bond acceptors (Lipinski definition) is 5. The highest BCUT2D eigenvalue weighted by atomic mass is 19.1. The van der Waals surface area contributed by atoms with Crippen molar-refractivity contribution >= 4 is 17.2 Å². The predicted octanol–water partition coefficient (Wildman–Crippen LogP) is 2.39. The smallest absolute Gasteiger partial charge is 0.256 e. The van der Waals surface area contributed by atoms with Crippen LogP contribution in [-0.2, 0) is 4.74 Å². The molecule has 0 spiro atoms. The highest BCUT2D eigenvalue weighted by molar-refractivity contribution is 6.05. The number of benzene rings is 1. The maximum atomic E-state index is 14.7. The van der Waals surface area contributed by atoms with Gasteiger partial charge >= 0.3 is 0 Å². The maximum Gasteiger partial charge on any atom is 0.256 e. The van der Waals surface area contributed by atoms with Crippen molar-refractivity contribution in [1.82, 2.24) is 14.6 Å². The fraction of sp³-hybridized carbons (Fsp3) is 0.316. The molecule has 0 bridgehead atoms. The van der Waals surface area contributed by atoms with Crippen LogP contribution in [0.25, 0.3) is 5.52 Å². The third-order valence-electron chi connectivity index (χ3n) is 4.92. The van der Waals surface area contributed by atoms with Gasteiger partial charge in [-0.25, -0.2) is 13.9 Å². The van der Waals surface area contributed by atoms with E-state index in [4.69, 9.17) is 4.74 Å². The molecule has 140 valence electrons. The summed E-state index contributed by atoms with van der Waals surface area (Å²) >= 11 is 0. The van der Waals surface area contributed by atoms with E-state index in [9.17, 15) is 14.3 Å². The number of amides is 1. The second-order valence-electron chi connectivity index (χ2n) is 6.57. The summed E-state index contributed by atoms with van der Waals surface area (Å²) in [5.41, 5.74) is 1.55. The Kier molecular flexibility index (Phi) is 4.59. The van der Waals surface area contributed by atoms with Crippen LogP contribution >= 0.6 is 0 Å². The molecule has 1 aliphatic heterocycles. The van der Waals surface area contributed by atoms with Crippen LogP contribution in [0.1, 0.15) is 29.1 Å². The first-order chi connectivity index (χ1) is 13.1. The molecular weight excluding hydrogens is 351 g/mol. The van der Waals surface area contributed by atoms with Gasteiger partial charge in [-0.15, -0.1) is 0 Å². The van der Waals surface area contributed by atoms with Gasteiger partial charge in [0.05, 0.1) is 18.4 Å². The number of alkyl halides is 1. The summed E-state index contributed by atoms with van der Waals surface area (Å²) in [4.78, 5) is 16.5. The summed E-state index contributed by atoms with van der Waals surface area (Å²) < 4.78 is 21.9. The van der Waals surface area contributed by atoms with Crippen molar-refractivity contribution in [1.29, 1.82) is 0 Å². The van der Waals surface area contributed by atoms with Crippen molar-refractivity contribution in [2.45, 2.75) is 25.3 Å². The van der Waals surface area contributed by atoms with E-state index in [0.717, 1.165) is 0 Å². The molecule has 0 saturated carbocycles. The van der Waals surface area contributed by atoms with E-state index >= 15 is 0 Å². The van der Waals surface area contributed by atoms with Crippen LogP contribution in [0.4, 0.5) is 10.2 Å². The Hall–Kier alpha value is -2.84. The summed E-state index contributed by atoms with van der Waals surface area (Å²) in [6, 6.07) is 12.2. The largest absolute Gasteiger partial charge is 0.394 e. The molecule has 1 saturated heterocycles. The van der Waals surface area contributed by atoms with Gasteiger partial charge in [0, 0.05) is 11.5 Å². The third-order valence-corrected chi connectivity index (χ3v) is 4.92. The number of carbonyl (C=O) groups is 1. The number of ether oxygens (including phenoxy) is 1. The third kappa shape index (κ3) is 3.07. The van der Waals surface area contributed by atoms with E-state index in [-0.39, 0.29) is 12.5 Å². The highest BCUT2D eigenvalue weighted by Crippen LogP contribution is 2.39. The Morgan fingerprint density at radius 3 is 2.78 bits per heavy atom. The van der Waals surface area contributed by atoms with Crippen LogP contribution in [-0.4, -0.2) is 44.5 Å². The molecule has 2 N–H and O–H groups in total. The van der Waals surface area contributed by atoms with E-state index in [1.807, 2.05) is 6.07 Å². The number of fused-ring (bicyclic) bond motifs is 1. The number of aliphatic hydroxyl groups is 1. The minimum Gasteiger partial charge on any atom is -0.394 e. The number of aliphatic hydroxyl groups excluding tert-OH is 1. The monoisotopic (exact) mass is 370 g/mol. The van der Waals surface area contributed by atoms with Gasteiger partial charge < -0.3 is 15.2 Å². The van der Waals surface area contributed by atoms with Gasteiger partial charge in [0.2, 0.25) is 0 Å². The van der Waals surface area contributed by atoms with E-state index in [0.29, 0.717) is 22.6 Å². The fourth-order valence-electron chi connectivity index (χ4n) is 3.35. The summed E-state index contributed by atoms with van der Waals surface area (Å²) in [7, 11) is 0. The minimum atomic E-state index is -1.27. The Balaban J connectivity index is 1.65. The maximum absolute atomic E-state index is 14.7. The summed E-state index contributed by atoms with van der Waals surface area (Å²) in [5.74, 6) is -0.400. The molecule has 3 heterocycles. The standard InChI is InChI=1S/C19H19FN4O3/c1-11-15(9-25)27-17(16(11)20)13-7-8-14-18(21-10-22-24(13)14)23-19(26)12-5-3-2-4-6-12/h2-8,10-11,15-17,25H,9H2,1H3,(H,21,22,23,26)/t11-,15-,16-,17+/m1/s1. The Labute approximate surface area is 154 Å². The summed E-state index contributed by atoms with van der Waals surface area (Å²) in [6.45, 7) is 1.47. The van der Waals surface area contributed by atoms with Gasteiger partial charge in [0.1, 0.15) is 24.1 Å². The van der Waals surface area contributed by atoms with Crippen LogP contribution in [0.5, 0.6) is 0 Å². The van der Waals surface area contributed by atoms with Gasteiger partial charge in [0.15, 0.2) is 5.82 Å². The fourth-order valence-corrected chi connectivity index (χ4v) is 3.35. The van der Waals surface area contributed by atoms with Crippen molar-refractivity contribution in [2.24, 2.45) is 5.92 Å². The van der Waals surface area contributed by atoms with E-state index < -0.39 is 24.3 Å². The first-order valence-electron chi connectivity index (χ1n) is 8.69. The van der Waals surface area contributed by atoms with Crippen LogP contribution in [0, 0.1) is 5.92 Å². The second kappa shape index (κ2) is 7.05. The number of nitrogens with one attached hydrogen (secondary N) is 1. The van der Waals surface area contributed by atoms with Gasteiger partial charge in [0.25, 0.3) is 5.91 Å². The zero-order valence-corrected chi connectivity index (χ0v) is 14.6. The van der Waals surface area contributed by atoms with Crippen molar-refractivity contribution < 1.29 is 19.0 Å². The van der Waals surface area contributed by atoms with Crippen LogP contribution in [0.2, 0.25) is 0 Å². The van der Waals surface area contributed by atoms with Crippen molar-refractivity contribution in [3.63, 3.8) is 0 Å². The van der Waals surface area contributed by atoms with Crippen molar-refractivity contribution in [3.8, 4) is 0 Å². The number of nitrogens with zero attached hydrogens (tertiary/aromatic N) is 3. The van der Waals surface area contributed by atoms with E-state index in [1.165, 1.54) is 10.8 Å². The predicted molar refractivity (Wildman–Crippen MR) is 96.1 cm³/mol. The Morgan fingerprint density at radius 2 is 2.07 bits per heavy atom. The molecule has 1 aliphatic rings. The topological polar surface area (TPSA) is 88.8 Å². The Morgan fingerprint density at radius 1 is 1.30 bits per heavy atom. The van der Waals surface area contributed by atoms with Crippen molar-refractivity contribution in [2.75, 3.05) is 11.9 Å². The molecule has 0 unspecified atom stereocenters. The Bertz CT molecular complexity index is 962. The summed E-state index contributed by atoms with van der Waals surface area (Å²) in [6.07, 6.45) is -1.37. The quantitative estimate of drug-likeness (QED) is 0.736. The SMILES string of the molecule is C[C@H]1[C@@H](F)[C@H](c2ccc3c(NC(=O)c4ccccc4)ncnn23)O[C@@H]1CO.